The lowest BCUT2D eigenvalue weighted by molar-refractivity contribution is -0.130. The minimum absolute atomic E-state index is 0.0455. The van der Waals surface area contributed by atoms with Crippen molar-refractivity contribution in [3.63, 3.8) is 0 Å². The molecule has 0 aliphatic heterocycles. The van der Waals surface area contributed by atoms with Crippen LogP contribution in [-0.2, 0) is 15.0 Å². The fourth-order valence-electron chi connectivity index (χ4n) is 5.03. The van der Waals surface area contributed by atoms with Gasteiger partial charge < -0.3 is 9.47 Å². The normalized spacial score (nSPS) is 13.0. The molecule has 0 atom stereocenters. The summed E-state index contributed by atoms with van der Waals surface area (Å²) in [6.07, 6.45) is 0. The molecule has 5 heteroatoms. The molecule has 0 saturated carbocycles. The summed E-state index contributed by atoms with van der Waals surface area (Å²) in [7, 11) is 0. The zero-order valence-electron chi connectivity index (χ0n) is 21.7. The zero-order chi connectivity index (χ0) is 27.7. The summed E-state index contributed by atoms with van der Waals surface area (Å²) in [6.45, 7) is 10.5. The monoisotopic (exact) mass is 514 g/mol. The average molecular weight is 515 g/mol. The van der Waals surface area contributed by atoms with Crippen molar-refractivity contribution in [2.45, 2.75) is 19.3 Å². The van der Waals surface area contributed by atoms with Gasteiger partial charge in [0.05, 0.1) is 5.41 Å². The Hall–Kier alpha value is -5.03. The Morgan fingerprint density at radius 2 is 0.949 bits per heavy atom. The summed E-state index contributed by atoms with van der Waals surface area (Å²) in [4.78, 5) is 37.8. The first-order chi connectivity index (χ1) is 18.7. The number of hydrogen-bond acceptors (Lipinski definition) is 5. The van der Waals surface area contributed by atoms with Crippen molar-refractivity contribution >= 4 is 17.7 Å². The second kappa shape index (κ2) is 10.0. The van der Waals surface area contributed by atoms with Gasteiger partial charge in [-0.3, -0.25) is 4.79 Å². The predicted octanol–water partition coefficient (Wildman–Crippen LogP) is 6.58. The molecule has 4 aromatic carbocycles. The minimum atomic E-state index is -0.880. The summed E-state index contributed by atoms with van der Waals surface area (Å²) >= 11 is 0. The molecule has 0 unspecified atom stereocenters. The van der Waals surface area contributed by atoms with Crippen LogP contribution in [0, 0.1) is 0 Å². The van der Waals surface area contributed by atoms with Crippen LogP contribution >= 0.6 is 0 Å². The van der Waals surface area contributed by atoms with Gasteiger partial charge in [0, 0.05) is 22.3 Å². The lowest BCUT2D eigenvalue weighted by atomic mass is 9.59. The van der Waals surface area contributed by atoms with Crippen molar-refractivity contribution in [2.24, 2.45) is 0 Å². The van der Waals surface area contributed by atoms with Crippen molar-refractivity contribution in [1.29, 1.82) is 0 Å². The van der Waals surface area contributed by atoms with Crippen LogP contribution in [0.3, 0.4) is 0 Å². The summed E-state index contributed by atoms with van der Waals surface area (Å²) in [5, 5.41) is 0. The van der Waals surface area contributed by atoms with E-state index in [1.54, 1.807) is 38.1 Å². The molecule has 1 aliphatic rings. The highest BCUT2D eigenvalue weighted by Gasteiger charge is 2.46. The number of esters is 2. The maximum absolute atomic E-state index is 13.6. The number of benzene rings is 4. The summed E-state index contributed by atoms with van der Waals surface area (Å²) in [5.74, 6) is -0.279. The van der Waals surface area contributed by atoms with Gasteiger partial charge in [-0.05, 0) is 60.4 Å². The Morgan fingerprint density at radius 3 is 1.31 bits per heavy atom. The maximum Gasteiger partial charge on any atom is 0.338 e. The summed E-state index contributed by atoms with van der Waals surface area (Å²) in [5.41, 5.74) is 4.33. The van der Waals surface area contributed by atoms with Crippen LogP contribution < -0.4 is 9.47 Å². The SMILES string of the molecule is C=C(C)C(=O)Oc1ccc(C2(c3ccc(OC(=O)C(=C)C)cc3)c3ccccc3C(=O)c3ccccc32)cc1. The second-order valence-corrected chi connectivity index (χ2v) is 9.56. The van der Waals surface area contributed by atoms with Gasteiger partial charge in [0.15, 0.2) is 5.78 Å². The largest absolute Gasteiger partial charge is 0.423 e. The van der Waals surface area contributed by atoms with Crippen LogP contribution in [0.4, 0.5) is 0 Å². The Kier molecular flexibility index (Phi) is 6.59. The molecule has 0 bridgehead atoms. The van der Waals surface area contributed by atoms with Gasteiger partial charge in [-0.25, -0.2) is 9.59 Å². The van der Waals surface area contributed by atoms with Gasteiger partial charge >= 0.3 is 11.9 Å². The second-order valence-electron chi connectivity index (χ2n) is 9.56. The molecule has 4 aromatic rings. The van der Waals surface area contributed by atoms with E-state index in [9.17, 15) is 14.4 Å². The highest BCUT2D eigenvalue weighted by atomic mass is 16.5. The predicted molar refractivity (Wildman–Crippen MR) is 149 cm³/mol. The first-order valence-corrected chi connectivity index (χ1v) is 12.4. The summed E-state index contributed by atoms with van der Waals surface area (Å²) < 4.78 is 10.9. The molecule has 0 radical (unpaired) electrons. The fourth-order valence-corrected chi connectivity index (χ4v) is 5.03. The smallest absolute Gasteiger partial charge is 0.338 e. The molecule has 1 aliphatic carbocycles. The molecule has 0 N–H and O–H groups in total. The fraction of sp³-hybridized carbons (Fsp3) is 0.0882. The first-order valence-electron chi connectivity index (χ1n) is 12.4. The van der Waals surface area contributed by atoms with Crippen LogP contribution in [0.1, 0.15) is 52.0 Å². The van der Waals surface area contributed by atoms with Crippen molar-refractivity contribution in [3.8, 4) is 11.5 Å². The van der Waals surface area contributed by atoms with E-state index in [1.807, 2.05) is 72.8 Å². The molecule has 0 saturated heterocycles. The van der Waals surface area contributed by atoms with E-state index in [-0.39, 0.29) is 5.78 Å². The number of ether oxygens (including phenoxy) is 2. The molecule has 192 valence electrons. The number of fused-ring (bicyclic) bond motifs is 2. The van der Waals surface area contributed by atoms with Crippen molar-refractivity contribution in [3.05, 3.63) is 155 Å². The third-order valence-electron chi connectivity index (χ3n) is 6.84. The lowest BCUT2D eigenvalue weighted by Crippen LogP contribution is -2.38. The van der Waals surface area contributed by atoms with Crippen LogP contribution in [-0.4, -0.2) is 17.7 Å². The molecule has 0 heterocycles. The van der Waals surface area contributed by atoms with Gasteiger partial charge in [-0.2, -0.15) is 0 Å². The molecular formula is C34H26O5. The van der Waals surface area contributed by atoms with E-state index in [0.29, 0.717) is 33.8 Å². The number of rotatable bonds is 6. The molecule has 0 aromatic heterocycles. The number of ketones is 1. The van der Waals surface area contributed by atoms with Gasteiger partial charge in [-0.1, -0.05) is 86.0 Å². The topological polar surface area (TPSA) is 69.7 Å². The zero-order valence-corrected chi connectivity index (χ0v) is 21.7. The number of hydrogen-bond donors (Lipinski definition) is 0. The van der Waals surface area contributed by atoms with Gasteiger partial charge in [0.2, 0.25) is 0 Å². The van der Waals surface area contributed by atoms with Gasteiger partial charge in [0.1, 0.15) is 11.5 Å². The Balaban J connectivity index is 1.74. The molecule has 5 nitrogen and oxygen atoms in total. The van der Waals surface area contributed by atoms with E-state index in [2.05, 4.69) is 13.2 Å². The first kappa shape index (κ1) is 25.6. The third-order valence-corrected chi connectivity index (χ3v) is 6.84. The Morgan fingerprint density at radius 1 is 0.590 bits per heavy atom. The van der Waals surface area contributed by atoms with E-state index >= 15 is 0 Å². The maximum atomic E-state index is 13.6. The molecule has 0 fully saturated rings. The van der Waals surface area contributed by atoms with Crippen LogP contribution in [0.15, 0.2) is 121 Å². The van der Waals surface area contributed by atoms with Gasteiger partial charge in [-0.15, -0.1) is 0 Å². The van der Waals surface area contributed by atoms with Crippen LogP contribution in [0.2, 0.25) is 0 Å². The molecule has 39 heavy (non-hydrogen) atoms. The average Bonchev–Trinajstić information content (AvgIpc) is 2.95. The third kappa shape index (κ3) is 4.38. The molecular weight excluding hydrogens is 488 g/mol. The van der Waals surface area contributed by atoms with E-state index < -0.39 is 17.4 Å². The van der Waals surface area contributed by atoms with Crippen molar-refractivity contribution in [1.82, 2.24) is 0 Å². The van der Waals surface area contributed by atoms with E-state index in [4.69, 9.17) is 9.47 Å². The molecule has 0 spiro atoms. The number of carbonyl (C=O) groups excluding carboxylic acids is 3. The van der Waals surface area contributed by atoms with Crippen molar-refractivity contribution < 1.29 is 23.9 Å². The Bertz CT molecular complexity index is 1520. The van der Waals surface area contributed by atoms with E-state index in [0.717, 1.165) is 22.3 Å². The molecule has 5 rings (SSSR count). The standard InChI is InChI=1S/C34H26O5/c1-21(2)32(36)38-25-17-13-23(14-18-25)34(24-15-19-26(20-16-24)39-33(37)22(3)4)29-11-7-5-9-27(29)31(35)28-10-6-8-12-30(28)34/h5-20H,1,3H2,2,4H3. The summed E-state index contributed by atoms with van der Waals surface area (Å²) in [6, 6.07) is 29.7. The highest BCUT2D eigenvalue weighted by molar-refractivity contribution is 6.14. The highest BCUT2D eigenvalue weighted by Crippen LogP contribution is 2.51. The van der Waals surface area contributed by atoms with E-state index in [1.165, 1.54) is 0 Å². The van der Waals surface area contributed by atoms with Crippen LogP contribution in [0.25, 0.3) is 0 Å². The van der Waals surface area contributed by atoms with Crippen molar-refractivity contribution in [2.75, 3.05) is 0 Å². The lowest BCUT2D eigenvalue weighted by Gasteiger charge is -2.41. The molecule has 0 amide bonds. The quantitative estimate of drug-likeness (QED) is 0.146. The van der Waals surface area contributed by atoms with Crippen LogP contribution in [0.5, 0.6) is 11.5 Å². The Labute approximate surface area is 227 Å². The van der Waals surface area contributed by atoms with Gasteiger partial charge in [0.25, 0.3) is 0 Å². The number of carbonyl (C=O) groups is 3. The minimum Gasteiger partial charge on any atom is -0.423 e.